The number of hydrogen-bond donors (Lipinski definition) is 1. The van der Waals surface area contributed by atoms with Crippen molar-refractivity contribution >= 4 is 27.6 Å². The van der Waals surface area contributed by atoms with Gasteiger partial charge in [0.1, 0.15) is 5.75 Å². The Hall–Kier alpha value is -2.99. The number of Topliss-reactive ketones (excluding diaryl/α,β-unsaturated/α-hetero) is 1. The van der Waals surface area contributed by atoms with Gasteiger partial charge in [-0.2, -0.15) is 0 Å². The van der Waals surface area contributed by atoms with E-state index in [-0.39, 0.29) is 30.4 Å². The Kier molecular flexibility index (Phi) is 7.00. The fraction of sp³-hybridized carbons (Fsp3) is 0.345. The van der Waals surface area contributed by atoms with Gasteiger partial charge in [0.2, 0.25) is 5.91 Å². The second-order valence-corrected chi connectivity index (χ2v) is 10.5. The standard InChI is InChI=1S/C29H29BrN2O3/c30-23-16-22-7-6-21-17-24(33)8-9-25(21)28(29(22)31-18-23)20-12-14-32(15-13-20)27(35)11-10-26(34)19-4-2-1-3-5-19/h1-5,8-9,16-18,20,28,33H,6-7,10-15H2/t28-/m1/s1. The summed E-state index contributed by atoms with van der Waals surface area (Å²) in [6.07, 6.45) is 5.91. The third-order valence-corrected chi connectivity index (χ3v) is 7.85. The summed E-state index contributed by atoms with van der Waals surface area (Å²) < 4.78 is 0.981. The Bertz CT molecular complexity index is 1180. The molecule has 0 bridgehead atoms. The average molecular weight is 533 g/mol. The van der Waals surface area contributed by atoms with Crippen molar-refractivity contribution in [3.63, 3.8) is 0 Å². The van der Waals surface area contributed by atoms with E-state index in [1.54, 1.807) is 18.2 Å². The van der Waals surface area contributed by atoms with Crippen LogP contribution in [0.4, 0.5) is 0 Å². The zero-order valence-corrected chi connectivity index (χ0v) is 21.2. The molecule has 0 unspecified atom stereocenters. The normalized spacial score (nSPS) is 17.9. The maximum absolute atomic E-state index is 12.9. The molecule has 2 aromatic carbocycles. The molecule has 1 N–H and O–H groups in total. The van der Waals surface area contributed by atoms with Crippen molar-refractivity contribution in [1.29, 1.82) is 0 Å². The summed E-state index contributed by atoms with van der Waals surface area (Å²) in [5.41, 5.74) is 5.46. The highest BCUT2D eigenvalue weighted by atomic mass is 79.9. The smallest absolute Gasteiger partial charge is 0.223 e. The summed E-state index contributed by atoms with van der Waals surface area (Å²) in [7, 11) is 0. The van der Waals surface area contributed by atoms with Crippen LogP contribution in [-0.4, -0.2) is 39.8 Å². The summed E-state index contributed by atoms with van der Waals surface area (Å²) in [5.74, 6) is 0.877. The van der Waals surface area contributed by atoms with Crippen molar-refractivity contribution in [2.24, 2.45) is 5.92 Å². The van der Waals surface area contributed by atoms with Gasteiger partial charge < -0.3 is 10.0 Å². The SMILES string of the molecule is O=C(CCC(=O)N1CCC([C@@H]2c3ccc(O)cc3CCc3cc(Br)cnc32)CC1)c1ccccc1. The highest BCUT2D eigenvalue weighted by Crippen LogP contribution is 2.43. The second-order valence-electron chi connectivity index (χ2n) is 9.57. The average Bonchev–Trinajstić information content (AvgIpc) is 3.04. The zero-order valence-electron chi connectivity index (χ0n) is 19.6. The van der Waals surface area contributed by atoms with E-state index in [1.807, 2.05) is 35.4 Å². The van der Waals surface area contributed by atoms with E-state index in [9.17, 15) is 14.7 Å². The Morgan fingerprint density at radius 1 is 0.971 bits per heavy atom. The number of aromatic hydroxyl groups is 1. The lowest BCUT2D eigenvalue weighted by molar-refractivity contribution is -0.132. The third kappa shape index (κ3) is 5.18. The molecule has 5 nitrogen and oxygen atoms in total. The summed E-state index contributed by atoms with van der Waals surface area (Å²) in [6, 6.07) is 17.1. The molecule has 2 aliphatic rings. The monoisotopic (exact) mass is 532 g/mol. The van der Waals surface area contributed by atoms with Crippen LogP contribution in [-0.2, 0) is 17.6 Å². The minimum Gasteiger partial charge on any atom is -0.508 e. The van der Waals surface area contributed by atoms with Crippen molar-refractivity contribution in [2.45, 2.75) is 44.4 Å². The van der Waals surface area contributed by atoms with Crippen LogP contribution < -0.4 is 0 Å². The van der Waals surface area contributed by atoms with Gasteiger partial charge in [-0.25, -0.2) is 0 Å². The highest BCUT2D eigenvalue weighted by molar-refractivity contribution is 9.10. The molecule has 1 fully saturated rings. The summed E-state index contributed by atoms with van der Waals surface area (Å²) in [6.45, 7) is 1.39. The van der Waals surface area contributed by atoms with E-state index in [2.05, 4.69) is 28.1 Å². The fourth-order valence-corrected chi connectivity index (χ4v) is 5.99. The molecule has 1 aromatic heterocycles. The maximum atomic E-state index is 12.9. The van der Waals surface area contributed by atoms with Crippen molar-refractivity contribution in [3.8, 4) is 5.75 Å². The van der Waals surface area contributed by atoms with E-state index < -0.39 is 0 Å². The van der Waals surface area contributed by atoms with Crippen molar-refractivity contribution in [3.05, 3.63) is 93.2 Å². The maximum Gasteiger partial charge on any atom is 0.223 e. The number of fused-ring (bicyclic) bond motifs is 2. The van der Waals surface area contributed by atoms with Crippen LogP contribution in [0.3, 0.4) is 0 Å². The third-order valence-electron chi connectivity index (χ3n) is 7.41. The van der Waals surface area contributed by atoms with E-state index in [4.69, 9.17) is 4.98 Å². The quantitative estimate of drug-likeness (QED) is 0.429. The van der Waals surface area contributed by atoms with Crippen molar-refractivity contribution in [2.75, 3.05) is 13.1 Å². The van der Waals surface area contributed by atoms with Gasteiger partial charge in [-0.05, 0) is 82.4 Å². The van der Waals surface area contributed by atoms with Crippen LogP contribution >= 0.6 is 15.9 Å². The van der Waals surface area contributed by atoms with Crippen LogP contribution in [0.2, 0.25) is 0 Å². The van der Waals surface area contributed by atoms with Gasteiger partial charge in [-0.15, -0.1) is 0 Å². The van der Waals surface area contributed by atoms with Gasteiger partial charge in [-0.3, -0.25) is 14.6 Å². The first-order chi connectivity index (χ1) is 17.0. The molecule has 0 spiro atoms. The number of aromatic nitrogens is 1. The second kappa shape index (κ2) is 10.3. The minimum absolute atomic E-state index is 0.0148. The summed E-state index contributed by atoms with van der Waals surface area (Å²) in [5, 5.41) is 10.1. The minimum atomic E-state index is 0.0148. The predicted octanol–water partition coefficient (Wildman–Crippen LogP) is 5.68. The highest BCUT2D eigenvalue weighted by Gasteiger charge is 2.35. The Morgan fingerprint density at radius 3 is 2.49 bits per heavy atom. The molecule has 0 saturated carbocycles. The van der Waals surface area contributed by atoms with Crippen LogP contribution in [0.15, 0.2) is 65.3 Å². The molecule has 6 heteroatoms. The number of aryl methyl sites for hydroxylation is 2. The molecule has 3 aromatic rings. The lowest BCUT2D eigenvalue weighted by atomic mass is 9.76. The van der Waals surface area contributed by atoms with Crippen LogP contribution in [0.25, 0.3) is 0 Å². The molecule has 5 rings (SSSR count). The molecule has 1 saturated heterocycles. The first kappa shape index (κ1) is 23.7. The molecule has 1 amide bonds. The van der Waals surface area contributed by atoms with Crippen molar-refractivity contribution < 1.29 is 14.7 Å². The molecular weight excluding hydrogens is 504 g/mol. The molecule has 180 valence electrons. The number of carbonyl (C=O) groups is 2. The van der Waals surface area contributed by atoms with E-state index in [0.717, 1.165) is 35.8 Å². The van der Waals surface area contributed by atoms with Gasteiger partial charge in [-0.1, -0.05) is 36.4 Å². The van der Waals surface area contributed by atoms with Gasteiger partial charge >= 0.3 is 0 Å². The molecule has 35 heavy (non-hydrogen) atoms. The van der Waals surface area contributed by atoms with Gasteiger partial charge in [0.15, 0.2) is 5.78 Å². The lowest BCUT2D eigenvalue weighted by Gasteiger charge is -2.37. The number of hydrogen-bond acceptors (Lipinski definition) is 4. The first-order valence-electron chi connectivity index (χ1n) is 12.3. The van der Waals surface area contributed by atoms with Gasteiger partial charge in [0, 0.05) is 48.1 Å². The Labute approximate surface area is 214 Å². The van der Waals surface area contributed by atoms with Gasteiger partial charge in [0.05, 0.1) is 5.69 Å². The number of pyridine rings is 1. The van der Waals surface area contributed by atoms with E-state index >= 15 is 0 Å². The predicted molar refractivity (Wildman–Crippen MR) is 139 cm³/mol. The number of nitrogens with zero attached hydrogens (tertiary/aromatic N) is 2. The number of piperidine rings is 1. The number of phenols is 1. The molecule has 1 atom stereocenters. The van der Waals surface area contributed by atoms with Crippen LogP contribution in [0.5, 0.6) is 5.75 Å². The largest absolute Gasteiger partial charge is 0.508 e. The van der Waals surface area contributed by atoms with Crippen LogP contribution in [0.1, 0.15) is 64.3 Å². The number of benzene rings is 2. The molecule has 1 aliphatic carbocycles. The lowest BCUT2D eigenvalue weighted by Crippen LogP contribution is -2.40. The number of rotatable bonds is 5. The number of halogens is 1. The van der Waals surface area contributed by atoms with E-state index in [0.29, 0.717) is 30.3 Å². The first-order valence-corrected chi connectivity index (χ1v) is 13.1. The van der Waals surface area contributed by atoms with E-state index in [1.165, 1.54) is 16.7 Å². The van der Waals surface area contributed by atoms with Crippen molar-refractivity contribution in [1.82, 2.24) is 9.88 Å². The topological polar surface area (TPSA) is 70.5 Å². The number of ketones is 1. The number of phenolic OH excluding ortho intramolecular Hbond substituents is 1. The number of carbonyl (C=O) groups excluding carboxylic acids is 2. The molecule has 0 radical (unpaired) electrons. The Balaban J connectivity index is 1.29. The number of likely N-dealkylation sites (tertiary alicyclic amines) is 1. The number of amides is 1. The Morgan fingerprint density at radius 2 is 1.71 bits per heavy atom. The fourth-order valence-electron chi connectivity index (χ4n) is 5.61. The van der Waals surface area contributed by atoms with Gasteiger partial charge in [0.25, 0.3) is 0 Å². The summed E-state index contributed by atoms with van der Waals surface area (Å²) in [4.78, 5) is 32.1. The molecule has 1 aliphatic heterocycles. The molecular formula is C29H29BrN2O3. The zero-order chi connectivity index (χ0) is 24.4. The van der Waals surface area contributed by atoms with Crippen LogP contribution in [0, 0.1) is 5.92 Å². The summed E-state index contributed by atoms with van der Waals surface area (Å²) >= 11 is 3.57. The molecule has 2 heterocycles.